The van der Waals surface area contributed by atoms with Crippen molar-refractivity contribution >= 4 is 23.4 Å². The maximum atomic E-state index is 5.74. The van der Waals surface area contributed by atoms with E-state index in [0.29, 0.717) is 10.3 Å². The number of H-pyrrole nitrogens is 1. The summed E-state index contributed by atoms with van der Waals surface area (Å²) in [7, 11) is 0. The molecule has 1 N–H and O–H groups in total. The number of hydrogen-bond acceptors (Lipinski definition) is 4. The summed E-state index contributed by atoms with van der Waals surface area (Å²) in [6, 6.07) is 3.64. The minimum absolute atomic E-state index is 0.474. The van der Waals surface area contributed by atoms with Crippen molar-refractivity contribution in [2.75, 3.05) is 0 Å². The highest BCUT2D eigenvalue weighted by Gasteiger charge is 2.02. The largest absolute Gasteiger partial charge is 0.262 e. The molecule has 0 saturated heterocycles. The lowest BCUT2D eigenvalue weighted by Crippen LogP contribution is -1.78. The third-order valence-corrected chi connectivity index (χ3v) is 2.55. The molecule has 0 amide bonds. The van der Waals surface area contributed by atoms with Gasteiger partial charge in [-0.2, -0.15) is 0 Å². The van der Waals surface area contributed by atoms with Gasteiger partial charge < -0.3 is 0 Å². The van der Waals surface area contributed by atoms with E-state index in [-0.39, 0.29) is 0 Å². The Morgan fingerprint density at radius 2 is 2.36 bits per heavy atom. The van der Waals surface area contributed by atoms with Crippen LogP contribution in [0, 0.1) is 6.92 Å². The van der Waals surface area contributed by atoms with Crippen LogP contribution in [0.1, 0.15) is 5.82 Å². The Kier molecular flexibility index (Phi) is 2.69. The minimum atomic E-state index is 0.474. The first-order valence-electron chi connectivity index (χ1n) is 3.92. The van der Waals surface area contributed by atoms with Crippen molar-refractivity contribution in [1.29, 1.82) is 0 Å². The third-order valence-electron chi connectivity index (χ3n) is 1.48. The number of nitrogens with one attached hydrogen (secondary N) is 1. The molecule has 0 bridgehead atoms. The second-order valence-corrected chi connectivity index (χ2v) is 4.05. The lowest BCUT2D eigenvalue weighted by Gasteiger charge is -1.95. The van der Waals surface area contributed by atoms with Gasteiger partial charge in [0.05, 0.1) is 0 Å². The van der Waals surface area contributed by atoms with Gasteiger partial charge in [-0.1, -0.05) is 11.6 Å². The molecule has 0 radical (unpaired) electrons. The van der Waals surface area contributed by atoms with Crippen LogP contribution in [-0.2, 0) is 0 Å². The van der Waals surface area contributed by atoms with Crippen LogP contribution in [0.2, 0.25) is 5.15 Å². The zero-order valence-electron chi connectivity index (χ0n) is 7.36. The highest BCUT2D eigenvalue weighted by molar-refractivity contribution is 7.99. The van der Waals surface area contributed by atoms with E-state index in [1.165, 1.54) is 11.8 Å². The van der Waals surface area contributed by atoms with Crippen LogP contribution in [0.25, 0.3) is 0 Å². The maximum absolute atomic E-state index is 5.74. The van der Waals surface area contributed by atoms with Crippen LogP contribution in [0.15, 0.2) is 28.4 Å². The van der Waals surface area contributed by atoms with Crippen molar-refractivity contribution in [3.05, 3.63) is 29.3 Å². The number of halogens is 1. The summed E-state index contributed by atoms with van der Waals surface area (Å²) in [5.41, 5.74) is 0. The first-order chi connectivity index (χ1) is 6.74. The molecular weight excluding hydrogens is 220 g/mol. The van der Waals surface area contributed by atoms with E-state index in [1.54, 1.807) is 12.3 Å². The first kappa shape index (κ1) is 9.48. The van der Waals surface area contributed by atoms with E-state index >= 15 is 0 Å². The van der Waals surface area contributed by atoms with Crippen LogP contribution < -0.4 is 0 Å². The van der Waals surface area contributed by atoms with Crippen LogP contribution >= 0.6 is 23.4 Å². The molecule has 0 fully saturated rings. The van der Waals surface area contributed by atoms with Crippen LogP contribution in [0.3, 0.4) is 0 Å². The summed E-state index contributed by atoms with van der Waals surface area (Å²) < 4.78 is 0. The number of aromatic amines is 1. The molecule has 4 nitrogen and oxygen atoms in total. The van der Waals surface area contributed by atoms with Crippen molar-refractivity contribution in [2.24, 2.45) is 0 Å². The van der Waals surface area contributed by atoms with Gasteiger partial charge in [0, 0.05) is 11.1 Å². The van der Waals surface area contributed by atoms with Gasteiger partial charge in [0.2, 0.25) is 5.16 Å². The molecule has 0 saturated carbocycles. The van der Waals surface area contributed by atoms with Gasteiger partial charge in [-0.15, -0.1) is 5.10 Å². The normalized spacial score (nSPS) is 10.4. The fraction of sp³-hybridized carbons (Fsp3) is 0.125. The topological polar surface area (TPSA) is 54.5 Å². The van der Waals surface area contributed by atoms with Gasteiger partial charge in [0.25, 0.3) is 0 Å². The van der Waals surface area contributed by atoms with E-state index in [0.717, 1.165) is 10.7 Å². The lowest BCUT2D eigenvalue weighted by molar-refractivity contribution is 0.969. The second kappa shape index (κ2) is 3.98. The monoisotopic (exact) mass is 226 g/mol. The molecule has 2 rings (SSSR count). The summed E-state index contributed by atoms with van der Waals surface area (Å²) in [5, 5.41) is 7.94. The molecule has 6 heteroatoms. The van der Waals surface area contributed by atoms with Crippen molar-refractivity contribution in [3.8, 4) is 0 Å². The Hall–Kier alpha value is -1.07. The summed E-state index contributed by atoms with van der Waals surface area (Å²) in [5.74, 6) is 0.799. The van der Waals surface area contributed by atoms with E-state index in [4.69, 9.17) is 11.6 Å². The summed E-state index contributed by atoms with van der Waals surface area (Å²) >= 11 is 7.19. The Morgan fingerprint density at radius 3 is 3.00 bits per heavy atom. The van der Waals surface area contributed by atoms with Gasteiger partial charge in [0.1, 0.15) is 11.0 Å². The van der Waals surface area contributed by atoms with Crippen molar-refractivity contribution in [2.45, 2.75) is 17.0 Å². The maximum Gasteiger partial charge on any atom is 0.213 e. The minimum Gasteiger partial charge on any atom is -0.262 e. The van der Waals surface area contributed by atoms with Crippen molar-refractivity contribution < 1.29 is 0 Å². The lowest BCUT2D eigenvalue weighted by atomic mass is 10.5. The molecule has 0 spiro atoms. The van der Waals surface area contributed by atoms with Gasteiger partial charge in [-0.05, 0) is 30.8 Å². The quantitative estimate of drug-likeness (QED) is 0.799. The zero-order valence-corrected chi connectivity index (χ0v) is 8.93. The fourth-order valence-corrected chi connectivity index (χ4v) is 1.94. The predicted octanol–water partition coefficient (Wildman–Crippen LogP) is 2.31. The average molecular weight is 227 g/mol. The molecule has 0 aliphatic carbocycles. The Labute approximate surface area is 90.1 Å². The highest BCUT2D eigenvalue weighted by Crippen LogP contribution is 2.25. The highest BCUT2D eigenvalue weighted by atomic mass is 35.5. The number of pyridine rings is 1. The summed E-state index contributed by atoms with van der Waals surface area (Å²) in [4.78, 5) is 9.03. The Balaban J connectivity index is 2.18. The predicted molar refractivity (Wildman–Crippen MR) is 54.5 cm³/mol. The Bertz CT molecular complexity index is 442. The van der Waals surface area contributed by atoms with Gasteiger partial charge in [-0.25, -0.2) is 9.97 Å². The summed E-state index contributed by atoms with van der Waals surface area (Å²) in [6.07, 6.45) is 1.66. The SMILES string of the molecule is Cc1nc(Sc2ccnc(Cl)c2)n[nH]1. The molecule has 0 aliphatic rings. The van der Waals surface area contributed by atoms with E-state index in [9.17, 15) is 0 Å². The molecule has 2 heterocycles. The van der Waals surface area contributed by atoms with E-state index in [1.807, 2.05) is 13.0 Å². The van der Waals surface area contributed by atoms with Crippen molar-refractivity contribution in [3.63, 3.8) is 0 Å². The number of rotatable bonds is 2. The molecular formula is C8H7ClN4S. The smallest absolute Gasteiger partial charge is 0.213 e. The molecule has 2 aromatic rings. The zero-order chi connectivity index (χ0) is 9.97. The molecule has 0 atom stereocenters. The summed E-state index contributed by atoms with van der Waals surface area (Å²) in [6.45, 7) is 1.86. The van der Waals surface area contributed by atoms with Gasteiger partial charge in [-0.3, -0.25) is 5.10 Å². The van der Waals surface area contributed by atoms with Gasteiger partial charge >= 0.3 is 0 Å². The van der Waals surface area contributed by atoms with Crippen molar-refractivity contribution in [1.82, 2.24) is 20.2 Å². The number of nitrogens with zero attached hydrogens (tertiary/aromatic N) is 3. The van der Waals surface area contributed by atoms with Crippen LogP contribution in [-0.4, -0.2) is 20.2 Å². The number of aromatic nitrogens is 4. The number of hydrogen-bond donors (Lipinski definition) is 1. The first-order valence-corrected chi connectivity index (χ1v) is 5.12. The molecule has 14 heavy (non-hydrogen) atoms. The van der Waals surface area contributed by atoms with E-state index < -0.39 is 0 Å². The molecule has 0 aromatic carbocycles. The molecule has 2 aromatic heterocycles. The average Bonchev–Trinajstić information content (AvgIpc) is 2.51. The van der Waals surface area contributed by atoms with E-state index in [2.05, 4.69) is 20.2 Å². The molecule has 72 valence electrons. The Morgan fingerprint density at radius 1 is 1.50 bits per heavy atom. The third kappa shape index (κ3) is 2.24. The van der Waals surface area contributed by atoms with Crippen LogP contribution in [0.5, 0.6) is 0 Å². The molecule has 0 aliphatic heterocycles. The molecule has 0 unspecified atom stereocenters. The fourth-order valence-electron chi connectivity index (χ4n) is 0.921. The number of aryl methyl sites for hydroxylation is 1. The van der Waals surface area contributed by atoms with Crippen LogP contribution in [0.4, 0.5) is 0 Å². The van der Waals surface area contributed by atoms with Gasteiger partial charge in [0.15, 0.2) is 0 Å². The second-order valence-electron chi connectivity index (χ2n) is 2.62. The standard InChI is InChI=1S/C8H7ClN4S/c1-5-11-8(13-12-5)14-6-2-3-10-7(9)4-6/h2-4H,1H3,(H,11,12,13).